The summed E-state index contributed by atoms with van der Waals surface area (Å²) in [5.41, 5.74) is 8.98. The number of nitrogens with zero attached hydrogens (tertiary/aromatic N) is 7. The van der Waals surface area contributed by atoms with Crippen LogP contribution in [0.25, 0.3) is 15.4 Å². The molecule has 0 saturated carbocycles. The molecule has 15 nitrogen and oxygen atoms in total. The van der Waals surface area contributed by atoms with Crippen LogP contribution in [0, 0.1) is 39.0 Å². The van der Waals surface area contributed by atoms with Gasteiger partial charge in [0.2, 0.25) is 11.8 Å². The van der Waals surface area contributed by atoms with Gasteiger partial charge in [0.15, 0.2) is 11.6 Å². The van der Waals surface area contributed by atoms with E-state index < -0.39 is 29.5 Å². The van der Waals surface area contributed by atoms with Gasteiger partial charge in [-0.15, -0.1) is 32.9 Å². The Hall–Kier alpha value is -5.62. The van der Waals surface area contributed by atoms with Crippen LogP contribution in [-0.4, -0.2) is 111 Å². The van der Waals surface area contributed by atoms with Gasteiger partial charge in [0.25, 0.3) is 0 Å². The topological polar surface area (TPSA) is 181 Å². The van der Waals surface area contributed by atoms with Gasteiger partial charge in [-0.05, 0) is 81.7 Å². The highest BCUT2D eigenvalue weighted by Gasteiger charge is 2.45. The Balaban J connectivity index is 0.896. The maximum Gasteiger partial charge on any atom is 0.308 e. The number of methoxy groups -OCH3 is 1. The number of rotatable bonds is 14. The molecule has 3 aliphatic heterocycles. The van der Waals surface area contributed by atoms with Crippen molar-refractivity contribution in [3.63, 3.8) is 0 Å². The molecule has 68 heavy (non-hydrogen) atoms. The number of nitrogens with one attached hydrogen (secondary N) is 1. The lowest BCUT2D eigenvalue weighted by atomic mass is 9.77. The van der Waals surface area contributed by atoms with Gasteiger partial charge in [0.05, 0.1) is 53.6 Å². The van der Waals surface area contributed by atoms with E-state index in [9.17, 15) is 24.3 Å². The summed E-state index contributed by atoms with van der Waals surface area (Å²) in [5, 5.41) is 23.6. The number of fused-ring (bicyclic) bond motifs is 3. The molecule has 2 amide bonds. The summed E-state index contributed by atoms with van der Waals surface area (Å²) in [6, 6.07) is 14.5. The van der Waals surface area contributed by atoms with Crippen LogP contribution in [0.4, 0.5) is 5.69 Å². The minimum absolute atomic E-state index is 0.0199. The fourth-order valence-electron chi connectivity index (χ4n) is 9.57. The number of thiophene rings is 1. The number of esters is 1. The third-order valence-corrected chi connectivity index (χ3v) is 15.8. The summed E-state index contributed by atoms with van der Waals surface area (Å²) in [6.45, 7) is 17.0. The van der Waals surface area contributed by atoms with Crippen molar-refractivity contribution in [2.75, 3.05) is 38.3 Å². The lowest BCUT2D eigenvalue weighted by molar-refractivity contribution is -0.147. The van der Waals surface area contributed by atoms with Crippen LogP contribution in [-0.2, 0) is 28.7 Å². The Morgan fingerprint density at radius 1 is 0.971 bits per heavy atom. The number of aliphatic hydroxyl groups excluding tert-OH is 1. The normalized spacial score (nSPS) is 20.2. The third-order valence-electron chi connectivity index (χ3n) is 13.6. The molecule has 6 atom stereocenters. The molecule has 1 unspecified atom stereocenters. The van der Waals surface area contributed by atoms with E-state index in [1.54, 1.807) is 22.7 Å². The zero-order chi connectivity index (χ0) is 48.6. The largest absolute Gasteiger partial charge is 0.469 e. The number of anilines is 1. The lowest BCUT2D eigenvalue weighted by Gasteiger charge is -2.36. The smallest absolute Gasteiger partial charge is 0.308 e. The lowest BCUT2D eigenvalue weighted by Crippen LogP contribution is -2.50. The predicted octanol–water partition coefficient (Wildman–Crippen LogP) is 7.59. The number of aliphatic imine (C=N–C) groups is 1. The summed E-state index contributed by atoms with van der Waals surface area (Å²) >= 11 is 3.24. The molecule has 0 spiro atoms. The number of ketones is 1. The number of Topliss-reactive ketones (excluding diaryl/α,β-unsaturated/α-hetero) is 1. The molecule has 6 heterocycles. The SMILES string of the molecule is COC(=O)C[C@@H]1N=C(c2ccc(N3CCCC(OCC(=O)C[C@H](C(=O)N4C[C@H](O)C[C@H]4C(=O)N[C@@H](C)c4ccc(-c5scnc5C)cc4)C(C)(C)C)C3)cc2)c2c(sc(C)c2C)-n2c(C)nnc21. The molecule has 2 fully saturated rings. The number of benzene rings is 2. The number of thiazole rings is 1. The number of aryl methyl sites for hydroxylation is 3. The number of carbonyl (C=O) groups is 4. The molecule has 2 N–H and O–H groups in total. The molecule has 360 valence electrons. The number of piperidine rings is 1. The number of hydrogen-bond donors (Lipinski definition) is 2. The van der Waals surface area contributed by atoms with Crippen molar-refractivity contribution in [3.05, 3.63) is 98.5 Å². The summed E-state index contributed by atoms with van der Waals surface area (Å²) in [7, 11) is 1.37. The molecule has 2 aromatic carbocycles. The third kappa shape index (κ3) is 10.2. The zero-order valence-corrected chi connectivity index (χ0v) is 42.0. The molecule has 0 aliphatic carbocycles. The van der Waals surface area contributed by atoms with Crippen molar-refractivity contribution in [2.45, 2.75) is 118 Å². The number of hydrogen-bond acceptors (Lipinski definition) is 14. The monoisotopic (exact) mass is 962 g/mol. The van der Waals surface area contributed by atoms with Gasteiger partial charge in [0.1, 0.15) is 29.5 Å². The second-order valence-electron chi connectivity index (χ2n) is 19.4. The molecular formula is C51H62N8O7S2. The van der Waals surface area contributed by atoms with Crippen molar-refractivity contribution in [3.8, 4) is 15.4 Å². The van der Waals surface area contributed by atoms with Gasteiger partial charge in [-0.1, -0.05) is 57.2 Å². The van der Waals surface area contributed by atoms with Crippen molar-refractivity contribution >= 4 is 57.6 Å². The zero-order valence-electron chi connectivity index (χ0n) is 40.4. The second-order valence-corrected chi connectivity index (χ2v) is 21.5. The molecule has 5 aromatic rings. The minimum Gasteiger partial charge on any atom is -0.469 e. The van der Waals surface area contributed by atoms with Crippen molar-refractivity contribution in [2.24, 2.45) is 16.3 Å². The number of aromatic nitrogens is 4. The molecule has 3 aliphatic rings. The Bertz CT molecular complexity index is 2700. The highest BCUT2D eigenvalue weighted by molar-refractivity contribution is 7.15. The van der Waals surface area contributed by atoms with E-state index in [-0.39, 0.29) is 68.1 Å². The van der Waals surface area contributed by atoms with Gasteiger partial charge in [-0.2, -0.15) is 0 Å². The van der Waals surface area contributed by atoms with Crippen LogP contribution in [0.15, 0.2) is 59.0 Å². The van der Waals surface area contributed by atoms with Crippen LogP contribution < -0.4 is 10.2 Å². The first-order valence-electron chi connectivity index (χ1n) is 23.4. The molecular weight excluding hydrogens is 901 g/mol. The Morgan fingerprint density at radius 3 is 2.37 bits per heavy atom. The maximum absolute atomic E-state index is 14.4. The number of β-amino-alcohol motifs (C(OH)–C–C–N with tert-alkyl or cyclic N) is 1. The fourth-order valence-corrected chi connectivity index (χ4v) is 11.6. The fraction of sp³-hybridized carbons (Fsp3) is 0.490. The molecule has 3 aromatic heterocycles. The van der Waals surface area contributed by atoms with Crippen molar-refractivity contribution in [1.82, 2.24) is 30.0 Å². The van der Waals surface area contributed by atoms with Gasteiger partial charge < -0.3 is 29.7 Å². The van der Waals surface area contributed by atoms with Crippen LogP contribution >= 0.6 is 22.7 Å². The second kappa shape index (κ2) is 20.2. The van der Waals surface area contributed by atoms with Crippen LogP contribution in [0.5, 0.6) is 0 Å². The molecule has 2 saturated heterocycles. The quantitative estimate of drug-likeness (QED) is 0.105. The first-order valence-corrected chi connectivity index (χ1v) is 25.1. The van der Waals surface area contributed by atoms with Crippen molar-refractivity contribution < 1.29 is 33.8 Å². The van der Waals surface area contributed by atoms with Gasteiger partial charge >= 0.3 is 5.97 Å². The van der Waals surface area contributed by atoms with E-state index in [2.05, 4.69) is 63.5 Å². The first kappa shape index (κ1) is 48.8. The minimum atomic E-state index is -0.866. The van der Waals surface area contributed by atoms with Gasteiger partial charge in [-0.25, -0.2) is 4.98 Å². The Kier molecular flexibility index (Phi) is 14.5. The highest BCUT2D eigenvalue weighted by Crippen LogP contribution is 2.40. The molecule has 0 radical (unpaired) electrons. The predicted molar refractivity (Wildman–Crippen MR) is 264 cm³/mol. The molecule has 0 bridgehead atoms. The van der Waals surface area contributed by atoms with E-state index >= 15 is 0 Å². The standard InChI is InChI=1S/C51H62N8O7S2/c1-28-31(4)68-50-44(28)45(54-41(23-43(62)65-9)47-56-55-32(5)59(47)50)34-16-18-36(19-17-34)57-20-10-11-39(25-57)66-26-38(61)21-40(51(6,7)8)49(64)58-24-37(60)22-42(58)48(63)53-29(2)33-12-14-35(15-13-33)46-30(3)52-27-67-46/h12-19,27,29,37,39-42,60H,10-11,20-26H2,1-9H3,(H,53,63)/t29-,37+,39?,40+,41-,42-/m0/s1. The first-order chi connectivity index (χ1) is 32.4. The molecule has 17 heteroatoms. The van der Waals surface area contributed by atoms with Crippen LogP contribution in [0.2, 0.25) is 0 Å². The Morgan fingerprint density at radius 2 is 1.69 bits per heavy atom. The average molecular weight is 963 g/mol. The number of amides is 2. The summed E-state index contributed by atoms with van der Waals surface area (Å²) in [4.78, 5) is 70.0. The maximum atomic E-state index is 14.4. The van der Waals surface area contributed by atoms with E-state index in [1.807, 2.05) is 75.9 Å². The number of likely N-dealkylation sites (tertiary alicyclic amines) is 1. The average Bonchev–Trinajstić information content (AvgIpc) is 4.09. The van der Waals surface area contributed by atoms with Gasteiger partial charge in [-0.3, -0.25) is 28.7 Å². The van der Waals surface area contributed by atoms with E-state index in [1.165, 1.54) is 12.0 Å². The van der Waals surface area contributed by atoms with Gasteiger partial charge in [0, 0.05) is 60.1 Å². The molecule has 8 rings (SSSR count). The summed E-state index contributed by atoms with van der Waals surface area (Å²) in [5.74, 6) is -0.628. The summed E-state index contributed by atoms with van der Waals surface area (Å²) in [6.07, 6.45) is 0.713. The number of carbonyl (C=O) groups excluding carboxylic acids is 4. The Labute approximate surface area is 406 Å². The number of ether oxygens (including phenoxy) is 2. The van der Waals surface area contributed by atoms with Crippen LogP contribution in [0.3, 0.4) is 0 Å². The van der Waals surface area contributed by atoms with Crippen LogP contribution in [0.1, 0.15) is 116 Å². The van der Waals surface area contributed by atoms with E-state index in [0.717, 1.165) is 84.9 Å². The number of aliphatic hydroxyl groups is 1. The summed E-state index contributed by atoms with van der Waals surface area (Å²) < 4.78 is 13.4. The van der Waals surface area contributed by atoms with E-state index in [4.69, 9.17) is 14.5 Å². The van der Waals surface area contributed by atoms with E-state index in [0.29, 0.717) is 12.4 Å². The highest BCUT2D eigenvalue weighted by atomic mass is 32.1. The van der Waals surface area contributed by atoms with Crippen molar-refractivity contribution in [1.29, 1.82) is 0 Å².